The molecule has 0 saturated carbocycles. The third kappa shape index (κ3) is 6.67. The summed E-state index contributed by atoms with van der Waals surface area (Å²) in [7, 11) is 1.66. The van der Waals surface area contributed by atoms with Crippen LogP contribution in [0.5, 0.6) is 0 Å². The zero-order valence-corrected chi connectivity index (χ0v) is 22.1. The van der Waals surface area contributed by atoms with E-state index in [0.717, 1.165) is 63.5 Å². The molecule has 0 spiro atoms. The molecule has 0 aromatic carbocycles. The molecule has 12 heteroatoms. The fraction of sp³-hybridized carbons (Fsp3) is 0.760. The molecule has 2 aromatic rings. The highest BCUT2D eigenvalue weighted by Gasteiger charge is 2.27. The number of aromatic nitrogens is 4. The Kier molecular flexibility index (Phi) is 10.3. The topological polar surface area (TPSA) is 134 Å². The summed E-state index contributed by atoms with van der Waals surface area (Å²) < 4.78 is 5.31. The number of anilines is 4. The number of aliphatic hydroxyl groups excluding tert-OH is 3. The highest BCUT2D eigenvalue weighted by atomic mass is 16.5. The molecule has 3 N–H and O–H groups in total. The van der Waals surface area contributed by atoms with Gasteiger partial charge in [-0.05, 0) is 38.5 Å². The molecule has 2 aliphatic rings. The van der Waals surface area contributed by atoms with Crippen LogP contribution in [-0.4, -0.2) is 121 Å². The number of piperidine rings is 2. The van der Waals surface area contributed by atoms with Crippen LogP contribution in [0.2, 0.25) is 0 Å². The van der Waals surface area contributed by atoms with E-state index in [1.54, 1.807) is 7.11 Å². The Morgan fingerprint density at radius 3 is 1.41 bits per heavy atom. The second-order valence-corrected chi connectivity index (χ2v) is 9.62. The Morgan fingerprint density at radius 1 is 0.622 bits per heavy atom. The van der Waals surface area contributed by atoms with E-state index in [1.807, 2.05) is 9.80 Å². The van der Waals surface area contributed by atoms with Gasteiger partial charge in [-0.3, -0.25) is 0 Å². The molecule has 0 amide bonds. The van der Waals surface area contributed by atoms with Crippen molar-refractivity contribution in [1.29, 1.82) is 0 Å². The standard InChI is InChI=1S/C25H42N8O4/c1-37-19-15-33(14-18-36)25-27-21-20(23(29-25)31-10-6-3-7-11-31)26-24(32(12-16-34)13-17-35)28-22(21)30-8-4-2-5-9-30/h34-36H,2-19H2,1H3. The van der Waals surface area contributed by atoms with E-state index in [4.69, 9.17) is 24.7 Å². The van der Waals surface area contributed by atoms with Crippen molar-refractivity contribution in [3.05, 3.63) is 0 Å². The summed E-state index contributed by atoms with van der Waals surface area (Å²) in [4.78, 5) is 28.3. The molecular formula is C25H42N8O4. The predicted octanol–water partition coefficient (Wildman–Crippen LogP) is 0.637. The van der Waals surface area contributed by atoms with Gasteiger partial charge in [-0.2, -0.15) is 9.97 Å². The number of rotatable bonds is 13. The number of fused-ring (bicyclic) bond motifs is 1. The minimum Gasteiger partial charge on any atom is -0.395 e. The molecule has 0 unspecified atom stereocenters. The van der Waals surface area contributed by atoms with Gasteiger partial charge in [0.05, 0.1) is 26.4 Å². The van der Waals surface area contributed by atoms with Crippen molar-refractivity contribution in [2.45, 2.75) is 38.5 Å². The van der Waals surface area contributed by atoms with Gasteiger partial charge >= 0.3 is 0 Å². The Labute approximate surface area is 218 Å². The Hall–Kier alpha value is -2.54. The highest BCUT2D eigenvalue weighted by Crippen LogP contribution is 2.34. The molecule has 0 aliphatic carbocycles. The number of hydrogen-bond donors (Lipinski definition) is 3. The maximum atomic E-state index is 9.76. The van der Waals surface area contributed by atoms with E-state index in [-0.39, 0.29) is 19.8 Å². The summed E-state index contributed by atoms with van der Waals surface area (Å²) in [6.07, 6.45) is 6.72. The molecule has 2 fully saturated rings. The molecule has 2 aromatic heterocycles. The van der Waals surface area contributed by atoms with Crippen LogP contribution in [0.4, 0.5) is 23.5 Å². The zero-order valence-electron chi connectivity index (χ0n) is 22.1. The van der Waals surface area contributed by atoms with Gasteiger partial charge < -0.3 is 39.7 Å². The first kappa shape index (κ1) is 27.5. The van der Waals surface area contributed by atoms with Crippen LogP contribution in [0.3, 0.4) is 0 Å². The van der Waals surface area contributed by atoms with Crippen molar-refractivity contribution < 1.29 is 20.1 Å². The van der Waals surface area contributed by atoms with Crippen LogP contribution >= 0.6 is 0 Å². The van der Waals surface area contributed by atoms with E-state index in [1.165, 1.54) is 12.8 Å². The van der Waals surface area contributed by atoms with Gasteiger partial charge in [0.2, 0.25) is 11.9 Å². The normalized spacial score (nSPS) is 16.4. The third-order valence-corrected chi connectivity index (χ3v) is 7.04. The second-order valence-electron chi connectivity index (χ2n) is 9.62. The first-order chi connectivity index (χ1) is 18.2. The predicted molar refractivity (Wildman–Crippen MR) is 145 cm³/mol. The number of aliphatic hydroxyl groups is 3. The lowest BCUT2D eigenvalue weighted by Crippen LogP contribution is -2.36. The first-order valence-electron chi connectivity index (χ1n) is 13.6. The number of hydrogen-bond acceptors (Lipinski definition) is 12. The van der Waals surface area contributed by atoms with Gasteiger partial charge in [-0.1, -0.05) is 0 Å². The number of methoxy groups -OCH3 is 1. The summed E-state index contributed by atoms with van der Waals surface area (Å²) in [6, 6.07) is 0. The maximum Gasteiger partial charge on any atom is 0.228 e. The molecule has 0 radical (unpaired) electrons. The SMILES string of the molecule is COCCN(CCO)c1nc(N2CCCCC2)c2nc(N(CCO)CCO)nc(N3CCCCC3)c2n1. The van der Waals surface area contributed by atoms with E-state index in [0.29, 0.717) is 55.7 Å². The van der Waals surface area contributed by atoms with Crippen molar-refractivity contribution in [3.8, 4) is 0 Å². The summed E-state index contributed by atoms with van der Waals surface area (Å²) >= 11 is 0. The van der Waals surface area contributed by atoms with Gasteiger partial charge in [0, 0.05) is 59.5 Å². The first-order valence-corrected chi connectivity index (χ1v) is 13.6. The lowest BCUT2D eigenvalue weighted by Gasteiger charge is -2.33. The van der Waals surface area contributed by atoms with Gasteiger partial charge in [-0.25, -0.2) is 9.97 Å². The quantitative estimate of drug-likeness (QED) is 0.343. The van der Waals surface area contributed by atoms with Crippen molar-refractivity contribution in [2.24, 2.45) is 0 Å². The number of nitrogens with zero attached hydrogens (tertiary/aromatic N) is 8. The molecular weight excluding hydrogens is 476 g/mol. The average molecular weight is 519 g/mol. The van der Waals surface area contributed by atoms with Crippen molar-refractivity contribution in [2.75, 3.05) is 105 Å². The fourth-order valence-electron chi connectivity index (χ4n) is 5.09. The fourth-order valence-corrected chi connectivity index (χ4v) is 5.09. The van der Waals surface area contributed by atoms with Gasteiger partial charge in [-0.15, -0.1) is 0 Å². The van der Waals surface area contributed by atoms with Crippen LogP contribution in [-0.2, 0) is 4.74 Å². The smallest absolute Gasteiger partial charge is 0.228 e. The van der Waals surface area contributed by atoms with Gasteiger partial charge in [0.1, 0.15) is 11.0 Å². The van der Waals surface area contributed by atoms with Gasteiger partial charge in [0.15, 0.2) is 11.6 Å². The summed E-state index contributed by atoms with van der Waals surface area (Å²) in [5, 5.41) is 29.1. The highest BCUT2D eigenvalue weighted by molar-refractivity contribution is 5.95. The monoisotopic (exact) mass is 518 g/mol. The minimum absolute atomic E-state index is 0.0180. The second kappa shape index (κ2) is 13.8. The molecule has 2 saturated heterocycles. The summed E-state index contributed by atoms with van der Waals surface area (Å²) in [5.74, 6) is 2.54. The Balaban J connectivity index is 1.93. The molecule has 2 aliphatic heterocycles. The average Bonchev–Trinajstić information content (AvgIpc) is 2.95. The van der Waals surface area contributed by atoms with Crippen LogP contribution in [0.1, 0.15) is 38.5 Å². The molecule has 206 valence electrons. The van der Waals surface area contributed by atoms with Crippen LogP contribution in [0.25, 0.3) is 11.0 Å². The molecule has 4 rings (SSSR count). The van der Waals surface area contributed by atoms with Crippen LogP contribution in [0, 0.1) is 0 Å². The minimum atomic E-state index is -0.0650. The van der Waals surface area contributed by atoms with Crippen molar-refractivity contribution >= 4 is 34.6 Å². The Bertz CT molecular complexity index is 979. The summed E-state index contributed by atoms with van der Waals surface area (Å²) in [6.45, 7) is 5.49. The molecule has 0 atom stereocenters. The van der Waals surface area contributed by atoms with Crippen LogP contribution < -0.4 is 19.6 Å². The van der Waals surface area contributed by atoms with E-state index < -0.39 is 0 Å². The Morgan fingerprint density at radius 2 is 1.03 bits per heavy atom. The molecule has 12 nitrogen and oxygen atoms in total. The van der Waals surface area contributed by atoms with Crippen molar-refractivity contribution in [1.82, 2.24) is 19.9 Å². The number of ether oxygens (including phenoxy) is 1. The van der Waals surface area contributed by atoms with E-state index in [2.05, 4.69) is 9.80 Å². The lowest BCUT2D eigenvalue weighted by molar-refractivity contribution is 0.202. The molecule has 0 bridgehead atoms. The molecule has 4 heterocycles. The third-order valence-electron chi connectivity index (χ3n) is 7.04. The maximum absolute atomic E-state index is 9.76. The van der Waals surface area contributed by atoms with Gasteiger partial charge in [0.25, 0.3) is 0 Å². The van der Waals surface area contributed by atoms with E-state index in [9.17, 15) is 15.3 Å². The lowest BCUT2D eigenvalue weighted by atomic mass is 10.1. The largest absolute Gasteiger partial charge is 0.395 e. The van der Waals surface area contributed by atoms with Crippen molar-refractivity contribution in [3.63, 3.8) is 0 Å². The molecule has 37 heavy (non-hydrogen) atoms. The van der Waals surface area contributed by atoms with Crippen LogP contribution in [0.15, 0.2) is 0 Å². The zero-order chi connectivity index (χ0) is 26.0. The van der Waals surface area contributed by atoms with E-state index >= 15 is 0 Å². The summed E-state index contributed by atoms with van der Waals surface area (Å²) in [5.41, 5.74) is 1.39.